The molecule has 0 aliphatic rings. The summed E-state index contributed by atoms with van der Waals surface area (Å²) in [6.07, 6.45) is 0. The average molecular weight is 382 g/mol. The molecule has 0 bridgehead atoms. The number of hydrogen-bond donors (Lipinski definition) is 1. The largest absolute Gasteiger partial charge is 0.465 e. The zero-order chi connectivity index (χ0) is 19.2. The van der Waals surface area contributed by atoms with E-state index in [4.69, 9.17) is 4.74 Å². The van der Waals surface area contributed by atoms with Crippen molar-refractivity contribution in [1.82, 2.24) is 4.98 Å². The van der Waals surface area contributed by atoms with E-state index in [1.54, 1.807) is 0 Å². The van der Waals surface area contributed by atoms with Gasteiger partial charge in [0.1, 0.15) is 6.61 Å². The van der Waals surface area contributed by atoms with Crippen LogP contribution in [-0.2, 0) is 16.1 Å². The number of rotatable bonds is 6. The topological polar surface area (TPSA) is 77.5 Å². The Morgan fingerprint density at radius 1 is 1.00 bits per heavy atom. The molecule has 0 radical (unpaired) electrons. The van der Waals surface area contributed by atoms with Gasteiger partial charge in [-0.05, 0) is 43.3 Å². The highest BCUT2D eigenvalue weighted by molar-refractivity contribution is 7.13. The Bertz CT molecular complexity index is 933. The maximum absolute atomic E-state index is 12.1. The zero-order valence-electron chi connectivity index (χ0n) is 14.9. The van der Waals surface area contributed by atoms with Crippen molar-refractivity contribution in [2.24, 2.45) is 0 Å². The van der Waals surface area contributed by atoms with Crippen LogP contribution < -0.4 is 5.32 Å². The van der Waals surface area contributed by atoms with Crippen LogP contribution in [0.3, 0.4) is 0 Å². The van der Waals surface area contributed by atoms with Crippen LogP contribution in [0.1, 0.15) is 32.0 Å². The van der Waals surface area contributed by atoms with Crippen molar-refractivity contribution in [1.29, 1.82) is 0 Å². The molecule has 1 heterocycles. The van der Waals surface area contributed by atoms with Gasteiger partial charge in [0, 0.05) is 11.1 Å². The summed E-state index contributed by atoms with van der Waals surface area (Å²) in [4.78, 5) is 27.9. The van der Waals surface area contributed by atoms with Crippen molar-refractivity contribution in [2.45, 2.75) is 13.5 Å². The Balaban J connectivity index is 1.55. The molecule has 1 N–H and O–H groups in total. The van der Waals surface area contributed by atoms with Crippen LogP contribution in [-0.4, -0.2) is 24.0 Å². The van der Waals surface area contributed by atoms with Crippen molar-refractivity contribution in [3.63, 3.8) is 0 Å². The van der Waals surface area contributed by atoms with Gasteiger partial charge in [-0.2, -0.15) is 0 Å². The molecule has 138 valence electrons. The van der Waals surface area contributed by atoms with E-state index < -0.39 is 11.9 Å². The number of carbonyl (C=O) groups is 2. The monoisotopic (exact) mass is 382 g/mol. The smallest absolute Gasteiger partial charge is 0.338 e. The van der Waals surface area contributed by atoms with Crippen LogP contribution in [0.25, 0.3) is 0 Å². The number of methoxy groups -OCH3 is 1. The van der Waals surface area contributed by atoms with Crippen LogP contribution in [0.4, 0.5) is 10.8 Å². The van der Waals surface area contributed by atoms with Gasteiger partial charge in [-0.3, -0.25) is 0 Å². The van der Waals surface area contributed by atoms with E-state index in [1.165, 1.54) is 48.3 Å². The number of benzene rings is 2. The second-order valence-electron chi connectivity index (χ2n) is 5.78. The molecule has 0 atom stereocenters. The van der Waals surface area contributed by atoms with Gasteiger partial charge in [0.15, 0.2) is 5.13 Å². The van der Waals surface area contributed by atoms with Crippen molar-refractivity contribution < 1.29 is 19.1 Å². The van der Waals surface area contributed by atoms with Gasteiger partial charge in [-0.15, -0.1) is 11.3 Å². The number of aromatic nitrogens is 1. The van der Waals surface area contributed by atoms with E-state index in [2.05, 4.69) is 15.0 Å². The van der Waals surface area contributed by atoms with Gasteiger partial charge >= 0.3 is 11.9 Å². The Morgan fingerprint density at radius 2 is 1.63 bits per heavy atom. The van der Waals surface area contributed by atoms with Gasteiger partial charge in [-0.25, -0.2) is 14.6 Å². The number of aryl methyl sites for hydroxylation is 1. The lowest BCUT2D eigenvalue weighted by Gasteiger charge is -2.04. The third kappa shape index (κ3) is 4.92. The Morgan fingerprint density at radius 3 is 2.26 bits per heavy atom. The number of carbonyl (C=O) groups excluding carboxylic acids is 2. The first-order valence-corrected chi connectivity index (χ1v) is 9.07. The summed E-state index contributed by atoms with van der Waals surface area (Å²) in [6.45, 7) is 2.10. The molecule has 1 aromatic heterocycles. The molecule has 2 aromatic carbocycles. The number of esters is 2. The highest BCUT2D eigenvalue weighted by atomic mass is 32.1. The van der Waals surface area contributed by atoms with E-state index in [-0.39, 0.29) is 6.61 Å². The van der Waals surface area contributed by atoms with Gasteiger partial charge in [-0.1, -0.05) is 17.7 Å². The summed E-state index contributed by atoms with van der Waals surface area (Å²) in [6, 6.07) is 14.1. The van der Waals surface area contributed by atoms with Gasteiger partial charge in [0.2, 0.25) is 0 Å². The quantitative estimate of drug-likeness (QED) is 0.639. The number of nitrogens with one attached hydrogen (secondary N) is 1. The normalized spacial score (nSPS) is 10.3. The number of nitrogens with zero attached hydrogens (tertiary/aromatic N) is 1. The van der Waals surface area contributed by atoms with Crippen LogP contribution in [0.2, 0.25) is 0 Å². The molecular formula is C20H18N2O4S. The third-order valence-electron chi connectivity index (χ3n) is 3.75. The fourth-order valence-electron chi connectivity index (χ4n) is 2.27. The Kier molecular flexibility index (Phi) is 5.83. The van der Waals surface area contributed by atoms with Gasteiger partial charge in [0.05, 0.1) is 23.9 Å². The fraction of sp³-hybridized carbons (Fsp3) is 0.150. The summed E-state index contributed by atoms with van der Waals surface area (Å²) < 4.78 is 9.91. The van der Waals surface area contributed by atoms with Crippen molar-refractivity contribution >= 4 is 34.1 Å². The van der Waals surface area contributed by atoms with E-state index >= 15 is 0 Å². The van der Waals surface area contributed by atoms with Crippen LogP contribution >= 0.6 is 11.3 Å². The van der Waals surface area contributed by atoms with Crippen molar-refractivity contribution in [3.8, 4) is 0 Å². The van der Waals surface area contributed by atoms with E-state index in [0.717, 1.165) is 10.8 Å². The maximum atomic E-state index is 12.1. The molecule has 27 heavy (non-hydrogen) atoms. The first kappa shape index (κ1) is 18.6. The standard InChI is InChI=1S/C20H18N2O4S/c1-13-3-9-16(10-4-13)21-20-22-17(12-27-20)11-26-19(24)15-7-5-14(6-8-15)18(23)25-2/h3-10,12H,11H2,1-2H3,(H,21,22). The third-order valence-corrected chi connectivity index (χ3v) is 4.55. The minimum atomic E-state index is -0.479. The van der Waals surface area contributed by atoms with E-state index in [0.29, 0.717) is 16.8 Å². The summed E-state index contributed by atoms with van der Waals surface area (Å²) in [5.74, 6) is -0.932. The van der Waals surface area contributed by atoms with Gasteiger partial charge in [0.25, 0.3) is 0 Å². The summed E-state index contributed by atoms with van der Waals surface area (Å²) in [7, 11) is 1.31. The minimum Gasteiger partial charge on any atom is -0.465 e. The SMILES string of the molecule is COC(=O)c1ccc(C(=O)OCc2csc(Nc3ccc(C)cc3)n2)cc1. The van der Waals surface area contributed by atoms with Crippen LogP contribution in [0.5, 0.6) is 0 Å². The van der Waals surface area contributed by atoms with E-state index in [1.807, 2.05) is 36.6 Å². The number of thiazole rings is 1. The molecule has 0 saturated heterocycles. The molecule has 3 rings (SSSR count). The molecular weight excluding hydrogens is 364 g/mol. The second kappa shape index (κ2) is 8.46. The number of anilines is 2. The fourth-order valence-corrected chi connectivity index (χ4v) is 2.99. The van der Waals surface area contributed by atoms with Crippen LogP contribution in [0.15, 0.2) is 53.9 Å². The lowest BCUT2D eigenvalue weighted by molar-refractivity contribution is 0.0467. The van der Waals surface area contributed by atoms with E-state index in [9.17, 15) is 9.59 Å². The predicted molar refractivity (Wildman–Crippen MR) is 103 cm³/mol. The molecule has 0 fully saturated rings. The lowest BCUT2D eigenvalue weighted by atomic mass is 10.1. The zero-order valence-corrected chi connectivity index (χ0v) is 15.7. The van der Waals surface area contributed by atoms with Crippen molar-refractivity contribution in [2.75, 3.05) is 12.4 Å². The van der Waals surface area contributed by atoms with Crippen molar-refractivity contribution in [3.05, 3.63) is 76.3 Å². The first-order chi connectivity index (χ1) is 13.0. The molecule has 0 saturated carbocycles. The molecule has 0 aliphatic heterocycles. The lowest BCUT2D eigenvalue weighted by Crippen LogP contribution is -2.07. The highest BCUT2D eigenvalue weighted by Gasteiger charge is 2.11. The predicted octanol–water partition coefficient (Wildman–Crippen LogP) is 4.34. The summed E-state index contributed by atoms with van der Waals surface area (Å²) in [5.41, 5.74) is 3.53. The number of ether oxygens (including phenoxy) is 2. The summed E-state index contributed by atoms with van der Waals surface area (Å²) in [5, 5.41) is 5.78. The Labute approximate surface area is 160 Å². The molecule has 7 heteroatoms. The molecule has 3 aromatic rings. The highest BCUT2D eigenvalue weighted by Crippen LogP contribution is 2.21. The summed E-state index contributed by atoms with van der Waals surface area (Å²) >= 11 is 1.44. The van der Waals surface area contributed by atoms with Crippen LogP contribution in [0, 0.1) is 6.92 Å². The molecule has 0 amide bonds. The number of hydrogen-bond acceptors (Lipinski definition) is 7. The molecule has 0 unspecified atom stereocenters. The Hall–Kier alpha value is -3.19. The van der Waals surface area contributed by atoms with Gasteiger partial charge < -0.3 is 14.8 Å². The first-order valence-electron chi connectivity index (χ1n) is 8.19. The molecule has 6 nitrogen and oxygen atoms in total. The maximum Gasteiger partial charge on any atom is 0.338 e. The second-order valence-corrected chi connectivity index (χ2v) is 6.64. The minimum absolute atomic E-state index is 0.0731. The molecule has 0 spiro atoms. The molecule has 0 aliphatic carbocycles. The average Bonchev–Trinajstić information content (AvgIpc) is 3.14.